The van der Waals surface area contributed by atoms with E-state index in [1.807, 2.05) is 6.08 Å². The predicted molar refractivity (Wildman–Crippen MR) is 56.9 cm³/mol. The first-order valence-corrected chi connectivity index (χ1v) is 7.10. The summed E-state index contributed by atoms with van der Waals surface area (Å²) in [6.07, 6.45) is 7.57. The van der Waals surface area contributed by atoms with Crippen molar-refractivity contribution in [3.05, 3.63) is 11.6 Å². The Morgan fingerprint density at radius 2 is 2.14 bits per heavy atom. The normalized spacial score (nSPS) is 21.1. The third kappa shape index (κ3) is 4.24. The molecule has 1 rings (SSSR count). The van der Waals surface area contributed by atoms with Gasteiger partial charge in [0.2, 0.25) is 0 Å². The summed E-state index contributed by atoms with van der Waals surface area (Å²) in [5.41, 5.74) is 0.910. The molecule has 0 saturated carbocycles. The maximum absolute atomic E-state index is 11.0. The zero-order valence-electron chi connectivity index (χ0n) is 8.57. The van der Waals surface area contributed by atoms with Gasteiger partial charge in [0.15, 0.2) is 0 Å². The van der Waals surface area contributed by atoms with Gasteiger partial charge in [-0.25, -0.2) is 8.42 Å². The van der Waals surface area contributed by atoms with Crippen LogP contribution in [0.25, 0.3) is 0 Å². The molecule has 0 heterocycles. The molecule has 1 aliphatic rings. The molecule has 0 aromatic heterocycles. The molecule has 0 fully saturated rings. The number of allylic oxidation sites excluding steroid dienone is 1. The number of hydrogen-bond donors (Lipinski definition) is 1. The molecular weight excluding hydrogens is 200 g/mol. The Morgan fingerprint density at radius 1 is 1.43 bits per heavy atom. The Labute approximate surface area is 85.7 Å². The first-order valence-electron chi connectivity index (χ1n) is 5.04. The summed E-state index contributed by atoms with van der Waals surface area (Å²) in [6.45, 7) is 0. The molecule has 1 aliphatic carbocycles. The lowest BCUT2D eigenvalue weighted by Gasteiger charge is -2.12. The van der Waals surface area contributed by atoms with Crippen molar-refractivity contribution in [1.82, 2.24) is 0 Å². The highest BCUT2D eigenvalue weighted by Crippen LogP contribution is 2.20. The average Bonchev–Trinajstić information content (AvgIpc) is 2.27. The minimum Gasteiger partial charge on any atom is -0.388 e. The number of aliphatic hydroxyl groups is 1. The average molecular weight is 218 g/mol. The summed E-state index contributed by atoms with van der Waals surface area (Å²) in [5.74, 6) is -0.140. The number of hydrogen-bond acceptors (Lipinski definition) is 3. The summed E-state index contributed by atoms with van der Waals surface area (Å²) in [4.78, 5) is 0. The van der Waals surface area contributed by atoms with Crippen molar-refractivity contribution in [2.24, 2.45) is 0 Å². The van der Waals surface area contributed by atoms with Crippen molar-refractivity contribution in [3.8, 4) is 0 Å². The molecule has 0 aromatic rings. The van der Waals surface area contributed by atoms with Crippen molar-refractivity contribution < 1.29 is 13.5 Å². The zero-order chi connectivity index (χ0) is 10.6. The topological polar surface area (TPSA) is 54.4 Å². The van der Waals surface area contributed by atoms with E-state index in [1.165, 1.54) is 6.42 Å². The van der Waals surface area contributed by atoms with E-state index in [0.717, 1.165) is 37.5 Å². The maximum atomic E-state index is 11.0. The molecule has 1 N–H and O–H groups in total. The van der Waals surface area contributed by atoms with Crippen LogP contribution in [0.1, 0.15) is 32.1 Å². The Kier molecular flexibility index (Phi) is 4.13. The van der Waals surface area contributed by atoms with Crippen LogP contribution in [-0.4, -0.2) is 31.6 Å². The third-order valence-corrected chi connectivity index (χ3v) is 3.39. The van der Waals surface area contributed by atoms with E-state index < -0.39 is 15.9 Å². The summed E-state index contributed by atoms with van der Waals surface area (Å²) < 4.78 is 22.0. The van der Waals surface area contributed by atoms with E-state index in [9.17, 15) is 13.5 Å². The summed E-state index contributed by atoms with van der Waals surface area (Å²) in [7, 11) is -3.08. The molecule has 0 aromatic carbocycles. The van der Waals surface area contributed by atoms with Crippen molar-refractivity contribution in [1.29, 1.82) is 0 Å². The van der Waals surface area contributed by atoms with Crippen LogP contribution >= 0.6 is 0 Å². The third-order valence-electron chi connectivity index (χ3n) is 2.46. The fourth-order valence-electron chi connectivity index (χ4n) is 1.74. The van der Waals surface area contributed by atoms with Crippen LogP contribution in [0, 0.1) is 0 Å². The van der Waals surface area contributed by atoms with Crippen LogP contribution < -0.4 is 0 Å². The second-order valence-electron chi connectivity index (χ2n) is 3.99. The quantitative estimate of drug-likeness (QED) is 0.726. The molecule has 0 aliphatic heterocycles. The van der Waals surface area contributed by atoms with Gasteiger partial charge in [0.1, 0.15) is 9.84 Å². The first-order chi connectivity index (χ1) is 6.49. The van der Waals surface area contributed by atoms with Gasteiger partial charge in [-0.1, -0.05) is 12.5 Å². The van der Waals surface area contributed by atoms with Crippen molar-refractivity contribution in [2.75, 3.05) is 12.0 Å². The van der Waals surface area contributed by atoms with Gasteiger partial charge in [0.05, 0.1) is 11.9 Å². The summed E-state index contributed by atoms with van der Waals surface area (Å²) in [5, 5.41) is 9.69. The molecule has 3 nitrogen and oxygen atoms in total. The van der Waals surface area contributed by atoms with E-state index in [4.69, 9.17) is 0 Å². The second-order valence-corrected chi connectivity index (χ2v) is 6.17. The van der Waals surface area contributed by atoms with Gasteiger partial charge >= 0.3 is 0 Å². The molecule has 1 unspecified atom stereocenters. The molecule has 0 amide bonds. The molecule has 0 radical (unpaired) electrons. The van der Waals surface area contributed by atoms with Crippen molar-refractivity contribution in [3.63, 3.8) is 0 Å². The lowest BCUT2D eigenvalue weighted by atomic mass is 10.1. The first kappa shape index (κ1) is 11.7. The van der Waals surface area contributed by atoms with Crippen LogP contribution in [0.3, 0.4) is 0 Å². The lowest BCUT2D eigenvalue weighted by molar-refractivity contribution is 0.228. The smallest absolute Gasteiger partial charge is 0.150 e. The molecule has 14 heavy (non-hydrogen) atoms. The molecule has 4 heteroatoms. The Bertz CT molecular complexity index is 303. The molecule has 82 valence electrons. The summed E-state index contributed by atoms with van der Waals surface area (Å²) >= 11 is 0. The number of sulfone groups is 1. The van der Waals surface area contributed by atoms with Gasteiger partial charge < -0.3 is 5.11 Å². The van der Waals surface area contributed by atoms with Crippen molar-refractivity contribution in [2.45, 2.75) is 38.2 Å². The fraction of sp³-hybridized carbons (Fsp3) is 0.800. The van der Waals surface area contributed by atoms with Crippen LogP contribution in [0.5, 0.6) is 0 Å². The van der Waals surface area contributed by atoms with Gasteiger partial charge in [-0.15, -0.1) is 0 Å². The predicted octanol–water partition coefficient (Wildman–Crippen LogP) is 1.28. The highest BCUT2D eigenvalue weighted by molar-refractivity contribution is 7.90. The number of rotatable bonds is 3. The monoisotopic (exact) mass is 218 g/mol. The number of aliphatic hydroxyl groups excluding tert-OH is 1. The van der Waals surface area contributed by atoms with Crippen LogP contribution in [0.15, 0.2) is 11.6 Å². The van der Waals surface area contributed by atoms with Crippen molar-refractivity contribution >= 4 is 9.84 Å². The van der Waals surface area contributed by atoms with E-state index in [-0.39, 0.29) is 5.75 Å². The SMILES string of the molecule is CS(=O)(=O)CC(O)C1=CCCCCC1. The van der Waals surface area contributed by atoms with Gasteiger partial charge in [-0.3, -0.25) is 0 Å². The van der Waals surface area contributed by atoms with Gasteiger partial charge in [0.25, 0.3) is 0 Å². The van der Waals surface area contributed by atoms with Crippen LogP contribution in [0.4, 0.5) is 0 Å². The standard InChI is InChI=1S/C10H18O3S/c1-14(12,13)8-10(11)9-6-4-2-3-5-7-9/h6,10-11H,2-5,7-8H2,1H3. The molecule has 0 bridgehead atoms. The minimum atomic E-state index is -3.08. The van der Waals surface area contributed by atoms with Gasteiger partial charge in [-0.2, -0.15) is 0 Å². The molecule has 0 spiro atoms. The molecular formula is C10H18O3S. The lowest BCUT2D eigenvalue weighted by Crippen LogP contribution is -2.21. The largest absolute Gasteiger partial charge is 0.388 e. The maximum Gasteiger partial charge on any atom is 0.150 e. The van der Waals surface area contributed by atoms with Crippen LogP contribution in [0.2, 0.25) is 0 Å². The van der Waals surface area contributed by atoms with Gasteiger partial charge in [0, 0.05) is 6.26 Å². The van der Waals surface area contributed by atoms with Gasteiger partial charge in [-0.05, 0) is 31.3 Å². The Morgan fingerprint density at radius 3 is 2.79 bits per heavy atom. The fourth-order valence-corrected chi connectivity index (χ4v) is 2.52. The molecule has 0 saturated heterocycles. The Balaban J connectivity index is 2.58. The Hall–Kier alpha value is -0.350. The molecule has 1 atom stereocenters. The van der Waals surface area contributed by atoms with E-state index in [2.05, 4.69) is 0 Å². The second kappa shape index (κ2) is 4.94. The van der Waals surface area contributed by atoms with Crippen LogP contribution in [-0.2, 0) is 9.84 Å². The van der Waals surface area contributed by atoms with E-state index in [0.29, 0.717) is 0 Å². The van der Waals surface area contributed by atoms with E-state index >= 15 is 0 Å². The highest BCUT2D eigenvalue weighted by Gasteiger charge is 2.17. The summed E-state index contributed by atoms with van der Waals surface area (Å²) in [6, 6.07) is 0. The highest BCUT2D eigenvalue weighted by atomic mass is 32.2. The zero-order valence-corrected chi connectivity index (χ0v) is 9.39. The minimum absolute atomic E-state index is 0.140. The van der Waals surface area contributed by atoms with E-state index in [1.54, 1.807) is 0 Å².